The Labute approximate surface area is 126 Å². The lowest BCUT2D eigenvalue weighted by Gasteiger charge is -2.26. The van der Waals surface area contributed by atoms with Crippen molar-refractivity contribution in [3.05, 3.63) is 12.1 Å². The molecule has 1 rings (SSSR count). The number of carbonyl (C=O) groups excluding carboxylic acids is 1. The van der Waals surface area contributed by atoms with Crippen molar-refractivity contribution < 1.29 is 9.53 Å². The van der Waals surface area contributed by atoms with Crippen LogP contribution in [-0.4, -0.2) is 29.6 Å². The molecule has 0 aliphatic heterocycles. The third kappa shape index (κ3) is 5.89. The lowest BCUT2D eigenvalue weighted by molar-refractivity contribution is -0.116. The van der Waals surface area contributed by atoms with Crippen molar-refractivity contribution in [1.29, 1.82) is 0 Å². The average molecular weight is 294 g/mol. The van der Waals surface area contributed by atoms with Crippen LogP contribution in [0, 0.1) is 5.92 Å². The summed E-state index contributed by atoms with van der Waals surface area (Å²) in [6.45, 7) is 10.7. The number of anilines is 2. The fraction of sp³-hybridized carbons (Fsp3) is 0.600. The first-order valence-corrected chi connectivity index (χ1v) is 7.07. The highest BCUT2D eigenvalue weighted by molar-refractivity contribution is 5.79. The Morgan fingerprint density at radius 3 is 2.48 bits per heavy atom. The molecule has 0 fully saturated rings. The van der Waals surface area contributed by atoms with Gasteiger partial charge in [-0.15, -0.1) is 0 Å². The first kappa shape index (κ1) is 17.1. The second-order valence-electron chi connectivity index (χ2n) is 6.52. The van der Waals surface area contributed by atoms with Crippen molar-refractivity contribution in [1.82, 2.24) is 4.98 Å². The quantitative estimate of drug-likeness (QED) is 0.834. The van der Waals surface area contributed by atoms with Gasteiger partial charge < -0.3 is 21.1 Å². The summed E-state index contributed by atoms with van der Waals surface area (Å²) in [5.74, 6) is 0.984. The van der Waals surface area contributed by atoms with Crippen molar-refractivity contribution in [2.24, 2.45) is 11.7 Å². The maximum Gasteiger partial charge on any atom is 0.239 e. The summed E-state index contributed by atoms with van der Waals surface area (Å²) < 4.78 is 5.75. The number of carbonyl (C=O) groups is 1. The van der Waals surface area contributed by atoms with Crippen molar-refractivity contribution in [3.8, 4) is 5.88 Å². The Bertz CT molecular complexity index is 495. The van der Waals surface area contributed by atoms with Crippen molar-refractivity contribution in [3.63, 3.8) is 0 Å². The summed E-state index contributed by atoms with van der Waals surface area (Å²) >= 11 is 0. The van der Waals surface area contributed by atoms with E-state index in [4.69, 9.17) is 16.2 Å². The zero-order valence-electron chi connectivity index (χ0n) is 13.5. The van der Waals surface area contributed by atoms with E-state index >= 15 is 0 Å². The average Bonchev–Trinajstić information content (AvgIpc) is 2.28. The molecule has 0 atom stereocenters. The third-order valence-corrected chi connectivity index (χ3v) is 2.53. The predicted octanol–water partition coefficient (Wildman–Crippen LogP) is 1.79. The van der Waals surface area contributed by atoms with Crippen LogP contribution in [0.5, 0.6) is 5.88 Å². The molecule has 6 heteroatoms. The minimum atomic E-state index is -0.397. The molecular formula is C15H26N4O2. The van der Waals surface area contributed by atoms with Gasteiger partial charge in [0.05, 0.1) is 12.2 Å². The van der Waals surface area contributed by atoms with Gasteiger partial charge in [-0.1, -0.05) is 13.8 Å². The summed E-state index contributed by atoms with van der Waals surface area (Å²) in [5.41, 5.74) is 11.3. The van der Waals surface area contributed by atoms with E-state index in [0.717, 1.165) is 0 Å². The van der Waals surface area contributed by atoms with Gasteiger partial charge in [0.15, 0.2) is 0 Å². The fourth-order valence-corrected chi connectivity index (χ4v) is 1.86. The van der Waals surface area contributed by atoms with Crippen LogP contribution in [0.3, 0.4) is 0 Å². The Morgan fingerprint density at radius 1 is 1.38 bits per heavy atom. The van der Waals surface area contributed by atoms with E-state index in [0.29, 0.717) is 29.8 Å². The van der Waals surface area contributed by atoms with Gasteiger partial charge >= 0.3 is 0 Å². The van der Waals surface area contributed by atoms with Crippen LogP contribution in [0.4, 0.5) is 11.5 Å². The molecule has 0 aliphatic carbocycles. The minimum Gasteiger partial charge on any atom is -0.470 e. The summed E-state index contributed by atoms with van der Waals surface area (Å²) in [4.78, 5) is 17.5. The highest BCUT2D eigenvalue weighted by Crippen LogP contribution is 2.26. The number of nitrogens with zero attached hydrogens (tertiary/aromatic N) is 2. The number of nitrogens with two attached hydrogens (primary N) is 2. The van der Waals surface area contributed by atoms with Crippen LogP contribution >= 0.6 is 0 Å². The first-order valence-electron chi connectivity index (χ1n) is 7.07. The molecule has 118 valence electrons. The molecule has 1 aromatic heterocycles. The van der Waals surface area contributed by atoms with Gasteiger partial charge in [-0.3, -0.25) is 4.79 Å². The number of pyridine rings is 1. The topological polar surface area (TPSA) is 94.5 Å². The molecule has 0 radical (unpaired) electrons. The van der Waals surface area contributed by atoms with Crippen molar-refractivity contribution in [2.45, 2.75) is 40.2 Å². The number of aromatic nitrogens is 1. The van der Waals surface area contributed by atoms with E-state index < -0.39 is 11.5 Å². The van der Waals surface area contributed by atoms with E-state index in [1.165, 1.54) is 0 Å². The zero-order valence-corrected chi connectivity index (χ0v) is 13.5. The molecule has 0 saturated carbocycles. The molecule has 0 aliphatic rings. The lowest BCUT2D eigenvalue weighted by atomic mass is 10.2. The summed E-state index contributed by atoms with van der Waals surface area (Å²) in [5, 5.41) is 0. The van der Waals surface area contributed by atoms with Gasteiger partial charge in [-0.2, -0.15) is 4.98 Å². The molecule has 1 aromatic rings. The number of ether oxygens (including phenoxy) is 1. The summed E-state index contributed by atoms with van der Waals surface area (Å²) in [6.07, 6.45) is 0. The zero-order chi connectivity index (χ0) is 16.2. The Balaban J connectivity index is 3.08. The standard InChI is InChI=1S/C15H26N4O2/c1-10(2)8-19(9-12(17)20)13-7-6-11(16)14(18-13)21-15(3,4)5/h6-7,10H,8-9,16H2,1-5H3,(H2,17,20). The largest absolute Gasteiger partial charge is 0.470 e. The van der Waals surface area contributed by atoms with Gasteiger partial charge in [0.2, 0.25) is 11.8 Å². The molecular weight excluding hydrogens is 268 g/mol. The molecule has 0 aromatic carbocycles. The predicted molar refractivity (Wildman–Crippen MR) is 85.3 cm³/mol. The van der Waals surface area contributed by atoms with E-state index in [-0.39, 0.29) is 6.54 Å². The van der Waals surface area contributed by atoms with Crippen LogP contribution in [-0.2, 0) is 4.79 Å². The summed E-state index contributed by atoms with van der Waals surface area (Å²) in [7, 11) is 0. The second kappa shape index (κ2) is 6.65. The number of nitrogen functional groups attached to an aromatic ring is 1. The minimum absolute atomic E-state index is 0.115. The van der Waals surface area contributed by atoms with Crippen LogP contribution < -0.4 is 21.1 Å². The smallest absolute Gasteiger partial charge is 0.239 e. The molecule has 21 heavy (non-hydrogen) atoms. The van der Waals surface area contributed by atoms with E-state index in [1.54, 1.807) is 12.1 Å². The van der Waals surface area contributed by atoms with E-state index in [9.17, 15) is 4.79 Å². The summed E-state index contributed by atoms with van der Waals surface area (Å²) in [6, 6.07) is 3.51. The number of amides is 1. The fourth-order valence-electron chi connectivity index (χ4n) is 1.86. The molecule has 0 bridgehead atoms. The van der Waals surface area contributed by atoms with Crippen LogP contribution in [0.2, 0.25) is 0 Å². The highest BCUT2D eigenvalue weighted by atomic mass is 16.5. The van der Waals surface area contributed by atoms with Crippen LogP contribution in [0.15, 0.2) is 12.1 Å². The maximum absolute atomic E-state index is 11.2. The Morgan fingerprint density at radius 2 is 2.00 bits per heavy atom. The Kier molecular flexibility index (Phi) is 5.41. The van der Waals surface area contributed by atoms with Crippen LogP contribution in [0.1, 0.15) is 34.6 Å². The normalized spacial score (nSPS) is 11.5. The molecule has 0 saturated heterocycles. The number of hydrogen-bond acceptors (Lipinski definition) is 5. The molecule has 1 amide bonds. The van der Waals surface area contributed by atoms with Crippen molar-refractivity contribution >= 4 is 17.4 Å². The molecule has 6 nitrogen and oxygen atoms in total. The first-order chi connectivity index (χ1) is 9.58. The molecule has 1 heterocycles. The van der Waals surface area contributed by atoms with E-state index in [1.807, 2.05) is 25.7 Å². The van der Waals surface area contributed by atoms with Gasteiger partial charge in [0, 0.05) is 6.54 Å². The van der Waals surface area contributed by atoms with Gasteiger partial charge in [0.1, 0.15) is 11.4 Å². The SMILES string of the molecule is CC(C)CN(CC(N)=O)c1ccc(N)c(OC(C)(C)C)n1. The second-order valence-corrected chi connectivity index (χ2v) is 6.52. The number of primary amides is 1. The number of rotatable bonds is 6. The number of hydrogen-bond donors (Lipinski definition) is 2. The van der Waals surface area contributed by atoms with Gasteiger partial charge in [0.25, 0.3) is 0 Å². The van der Waals surface area contributed by atoms with E-state index in [2.05, 4.69) is 18.8 Å². The molecule has 4 N–H and O–H groups in total. The lowest BCUT2D eigenvalue weighted by Crippen LogP contribution is -2.37. The monoisotopic (exact) mass is 294 g/mol. The van der Waals surface area contributed by atoms with Gasteiger partial charge in [-0.25, -0.2) is 0 Å². The van der Waals surface area contributed by atoms with Gasteiger partial charge in [-0.05, 0) is 38.8 Å². The third-order valence-electron chi connectivity index (χ3n) is 2.53. The Hall–Kier alpha value is -1.98. The molecule has 0 unspecified atom stereocenters. The van der Waals surface area contributed by atoms with Crippen molar-refractivity contribution in [2.75, 3.05) is 23.7 Å². The van der Waals surface area contributed by atoms with Crippen LogP contribution in [0.25, 0.3) is 0 Å². The maximum atomic E-state index is 11.2. The highest BCUT2D eigenvalue weighted by Gasteiger charge is 2.18. The molecule has 0 spiro atoms.